The van der Waals surface area contributed by atoms with E-state index < -0.39 is 5.97 Å². The van der Waals surface area contributed by atoms with Crippen molar-refractivity contribution in [2.24, 2.45) is 0 Å². The maximum atomic E-state index is 12.4. The first-order valence-corrected chi connectivity index (χ1v) is 16.5. The highest BCUT2D eigenvalue weighted by Crippen LogP contribution is 2.18. The Labute approximate surface area is 231 Å². The Kier molecular flexibility index (Phi) is 28.7. The van der Waals surface area contributed by atoms with Crippen molar-refractivity contribution in [1.82, 2.24) is 0 Å². The lowest BCUT2D eigenvalue weighted by atomic mass is 10.0. The second-order valence-corrected chi connectivity index (χ2v) is 11.4. The normalized spacial score (nSPS) is 12.1. The third-order valence-corrected chi connectivity index (χ3v) is 7.58. The summed E-state index contributed by atoms with van der Waals surface area (Å²) in [6.07, 6.45) is 32.5. The van der Waals surface area contributed by atoms with Crippen LogP contribution in [0.15, 0.2) is 0 Å². The molecule has 0 heterocycles. The SMILES string of the molecule is CCCCCCCCCCCCCCCCC(=O)OC(CCCCCCCCCCC)CCCC(=O)O. The molecule has 0 aromatic rings. The highest BCUT2D eigenvalue weighted by molar-refractivity contribution is 5.69. The minimum atomic E-state index is -0.768. The fraction of sp³-hybridized carbons (Fsp3) is 0.939. The van der Waals surface area contributed by atoms with Gasteiger partial charge in [-0.15, -0.1) is 0 Å². The average molecular weight is 525 g/mol. The van der Waals surface area contributed by atoms with Gasteiger partial charge in [-0.05, 0) is 32.1 Å². The van der Waals surface area contributed by atoms with Crippen molar-refractivity contribution >= 4 is 11.9 Å². The predicted octanol–water partition coefficient (Wildman–Crippen LogP) is 10.9. The third kappa shape index (κ3) is 29.4. The fourth-order valence-electron chi connectivity index (χ4n) is 5.13. The maximum absolute atomic E-state index is 12.4. The van der Waals surface area contributed by atoms with Gasteiger partial charge in [0.25, 0.3) is 0 Å². The number of hydrogen-bond acceptors (Lipinski definition) is 3. The largest absolute Gasteiger partial charge is 0.481 e. The van der Waals surface area contributed by atoms with Crippen molar-refractivity contribution in [1.29, 1.82) is 0 Å². The van der Waals surface area contributed by atoms with Gasteiger partial charge in [-0.1, -0.05) is 149 Å². The second kappa shape index (κ2) is 29.5. The molecule has 0 aromatic heterocycles. The highest BCUT2D eigenvalue weighted by Gasteiger charge is 2.15. The fourth-order valence-corrected chi connectivity index (χ4v) is 5.13. The van der Waals surface area contributed by atoms with Gasteiger partial charge in [0, 0.05) is 12.8 Å². The number of carboxylic acid groups (broad SMARTS) is 1. The molecule has 0 aliphatic carbocycles. The molecule has 0 fully saturated rings. The van der Waals surface area contributed by atoms with Crippen LogP contribution in [0.25, 0.3) is 0 Å². The Morgan fingerprint density at radius 1 is 0.486 bits per heavy atom. The first-order valence-electron chi connectivity index (χ1n) is 16.5. The zero-order chi connectivity index (χ0) is 27.2. The standard InChI is InChI=1S/C33H64O4/c1-3-5-7-9-11-13-14-15-16-17-19-21-23-25-30-33(36)37-31(28-26-29-32(34)35)27-24-22-20-18-12-10-8-6-4-2/h31H,3-30H2,1-2H3,(H,34,35). The number of carbonyl (C=O) groups excluding carboxylic acids is 1. The van der Waals surface area contributed by atoms with E-state index in [2.05, 4.69) is 13.8 Å². The quantitative estimate of drug-likeness (QED) is 0.0749. The van der Waals surface area contributed by atoms with E-state index in [1.807, 2.05) is 0 Å². The van der Waals surface area contributed by atoms with E-state index >= 15 is 0 Å². The van der Waals surface area contributed by atoms with Gasteiger partial charge in [0.15, 0.2) is 0 Å². The van der Waals surface area contributed by atoms with Crippen LogP contribution in [0.1, 0.15) is 194 Å². The monoisotopic (exact) mass is 524 g/mol. The van der Waals surface area contributed by atoms with E-state index in [0.29, 0.717) is 19.3 Å². The van der Waals surface area contributed by atoms with Crippen LogP contribution in [0.2, 0.25) is 0 Å². The Morgan fingerprint density at radius 2 is 0.838 bits per heavy atom. The molecule has 0 spiro atoms. The van der Waals surface area contributed by atoms with Crippen LogP contribution in [0, 0.1) is 0 Å². The third-order valence-electron chi connectivity index (χ3n) is 7.58. The lowest BCUT2D eigenvalue weighted by Crippen LogP contribution is -2.18. The van der Waals surface area contributed by atoms with Crippen LogP contribution < -0.4 is 0 Å². The molecular formula is C33H64O4. The molecular weight excluding hydrogens is 460 g/mol. The van der Waals surface area contributed by atoms with Crippen molar-refractivity contribution in [3.8, 4) is 0 Å². The summed E-state index contributed by atoms with van der Waals surface area (Å²) >= 11 is 0. The van der Waals surface area contributed by atoms with Gasteiger partial charge >= 0.3 is 11.9 Å². The van der Waals surface area contributed by atoms with Crippen LogP contribution in [-0.2, 0) is 14.3 Å². The average Bonchev–Trinajstić information content (AvgIpc) is 2.87. The minimum absolute atomic E-state index is 0.0878. The Balaban J connectivity index is 3.79. The Hall–Kier alpha value is -1.06. The molecule has 1 unspecified atom stereocenters. The number of hydrogen-bond donors (Lipinski definition) is 1. The molecule has 0 aliphatic heterocycles. The lowest BCUT2D eigenvalue weighted by Gasteiger charge is -2.18. The van der Waals surface area contributed by atoms with E-state index in [4.69, 9.17) is 9.84 Å². The summed E-state index contributed by atoms with van der Waals surface area (Å²) in [5.74, 6) is -0.856. The number of carboxylic acids is 1. The van der Waals surface area contributed by atoms with Crippen molar-refractivity contribution in [3.63, 3.8) is 0 Å². The highest BCUT2D eigenvalue weighted by atomic mass is 16.5. The number of aliphatic carboxylic acids is 1. The van der Waals surface area contributed by atoms with Gasteiger partial charge in [-0.25, -0.2) is 0 Å². The summed E-state index contributed by atoms with van der Waals surface area (Å²) in [6.45, 7) is 4.52. The summed E-state index contributed by atoms with van der Waals surface area (Å²) in [6, 6.07) is 0. The topological polar surface area (TPSA) is 63.6 Å². The maximum Gasteiger partial charge on any atom is 0.306 e. The number of carbonyl (C=O) groups is 2. The Bertz CT molecular complexity index is 491. The van der Waals surface area contributed by atoms with Gasteiger partial charge in [0.1, 0.15) is 6.10 Å². The summed E-state index contributed by atoms with van der Waals surface area (Å²) in [5, 5.41) is 8.95. The number of esters is 1. The molecule has 0 saturated heterocycles. The predicted molar refractivity (Wildman–Crippen MR) is 158 cm³/mol. The van der Waals surface area contributed by atoms with Crippen molar-refractivity contribution in [3.05, 3.63) is 0 Å². The van der Waals surface area contributed by atoms with Crippen LogP contribution in [0.3, 0.4) is 0 Å². The summed E-state index contributed by atoms with van der Waals surface area (Å²) < 4.78 is 5.79. The van der Waals surface area contributed by atoms with Gasteiger partial charge in [0.05, 0.1) is 0 Å². The van der Waals surface area contributed by atoms with Crippen LogP contribution in [0.5, 0.6) is 0 Å². The van der Waals surface area contributed by atoms with Crippen molar-refractivity contribution in [2.75, 3.05) is 0 Å². The van der Waals surface area contributed by atoms with E-state index in [0.717, 1.165) is 25.7 Å². The van der Waals surface area contributed by atoms with Gasteiger partial charge in [-0.2, -0.15) is 0 Å². The molecule has 0 bridgehead atoms. The number of ether oxygens (including phenoxy) is 1. The molecule has 0 saturated carbocycles. The van der Waals surface area contributed by atoms with Gasteiger partial charge in [0.2, 0.25) is 0 Å². The first kappa shape index (κ1) is 35.9. The summed E-state index contributed by atoms with van der Waals surface area (Å²) in [5.41, 5.74) is 0. The molecule has 0 aromatic carbocycles. The number of rotatable bonds is 30. The molecule has 37 heavy (non-hydrogen) atoms. The summed E-state index contributed by atoms with van der Waals surface area (Å²) in [4.78, 5) is 23.3. The molecule has 0 radical (unpaired) electrons. The molecule has 1 atom stereocenters. The van der Waals surface area contributed by atoms with E-state index in [1.54, 1.807) is 0 Å². The molecule has 0 rings (SSSR count). The minimum Gasteiger partial charge on any atom is -0.481 e. The Morgan fingerprint density at radius 3 is 1.24 bits per heavy atom. The van der Waals surface area contributed by atoms with Crippen LogP contribution in [0.4, 0.5) is 0 Å². The van der Waals surface area contributed by atoms with Gasteiger partial charge < -0.3 is 9.84 Å². The van der Waals surface area contributed by atoms with Crippen LogP contribution in [-0.4, -0.2) is 23.1 Å². The van der Waals surface area contributed by atoms with Crippen LogP contribution >= 0.6 is 0 Å². The van der Waals surface area contributed by atoms with E-state index in [1.165, 1.54) is 128 Å². The lowest BCUT2D eigenvalue weighted by molar-refractivity contribution is -0.150. The van der Waals surface area contributed by atoms with E-state index in [-0.39, 0.29) is 18.5 Å². The first-order chi connectivity index (χ1) is 18.1. The second-order valence-electron chi connectivity index (χ2n) is 11.4. The molecule has 0 amide bonds. The zero-order valence-electron chi connectivity index (χ0n) is 25.0. The number of unbranched alkanes of at least 4 members (excludes halogenated alkanes) is 21. The van der Waals surface area contributed by atoms with Crippen molar-refractivity contribution < 1.29 is 19.4 Å². The van der Waals surface area contributed by atoms with Crippen molar-refractivity contribution in [2.45, 2.75) is 200 Å². The smallest absolute Gasteiger partial charge is 0.306 e. The molecule has 4 heteroatoms. The molecule has 220 valence electrons. The summed E-state index contributed by atoms with van der Waals surface area (Å²) in [7, 11) is 0. The molecule has 0 aliphatic rings. The van der Waals surface area contributed by atoms with Gasteiger partial charge in [-0.3, -0.25) is 9.59 Å². The van der Waals surface area contributed by atoms with E-state index in [9.17, 15) is 9.59 Å². The zero-order valence-corrected chi connectivity index (χ0v) is 25.0. The molecule has 4 nitrogen and oxygen atoms in total. The molecule has 1 N–H and O–H groups in total.